The Hall–Kier alpha value is -0.0800. The molecule has 2 nitrogen and oxygen atoms in total. The summed E-state index contributed by atoms with van der Waals surface area (Å²) in [7, 11) is 0. The van der Waals surface area contributed by atoms with Gasteiger partial charge in [0.2, 0.25) is 0 Å². The minimum atomic E-state index is 0.819. The van der Waals surface area contributed by atoms with Gasteiger partial charge in [0.05, 0.1) is 0 Å². The van der Waals surface area contributed by atoms with Crippen molar-refractivity contribution in [2.45, 2.75) is 19.3 Å². The van der Waals surface area contributed by atoms with Crippen LogP contribution in [0.25, 0.3) is 0 Å². The molecule has 0 aromatic rings. The molecule has 0 aromatic carbocycles. The number of piperidine rings is 1. The summed E-state index contributed by atoms with van der Waals surface area (Å²) in [6.45, 7) is 6.95. The molecule has 9 heavy (non-hydrogen) atoms. The Bertz CT molecular complexity index is 64.6. The molecule has 0 aromatic heterocycles. The van der Waals surface area contributed by atoms with Gasteiger partial charge in [-0.1, -0.05) is 6.42 Å². The first-order valence-electron chi connectivity index (χ1n) is 3.71. The fraction of sp³-hybridized carbons (Fsp3) is 0.857. The van der Waals surface area contributed by atoms with E-state index in [0.29, 0.717) is 0 Å². The molecule has 1 aliphatic rings. The zero-order valence-electron chi connectivity index (χ0n) is 5.90. The Morgan fingerprint density at radius 1 is 1.22 bits per heavy atom. The zero-order valence-corrected chi connectivity index (χ0v) is 5.90. The largest absolute Gasteiger partial charge is 0.255 e. The molecule has 0 aliphatic carbocycles. The first kappa shape index (κ1) is 7.03. The minimum absolute atomic E-state index is 0.819. The first-order chi connectivity index (χ1) is 4.43. The summed E-state index contributed by atoms with van der Waals surface area (Å²) >= 11 is 0. The van der Waals surface area contributed by atoms with Gasteiger partial charge < -0.3 is 0 Å². The second kappa shape index (κ2) is 3.85. The lowest BCUT2D eigenvalue weighted by Crippen LogP contribution is -2.41. The van der Waals surface area contributed by atoms with Crippen molar-refractivity contribution in [1.82, 2.24) is 10.4 Å². The highest BCUT2D eigenvalue weighted by atomic mass is 15.5. The number of hydrogen-bond donors (Lipinski definition) is 1. The maximum atomic E-state index is 3.73. The van der Waals surface area contributed by atoms with E-state index >= 15 is 0 Å². The topological polar surface area (TPSA) is 15.3 Å². The van der Waals surface area contributed by atoms with E-state index in [4.69, 9.17) is 0 Å². The van der Waals surface area contributed by atoms with E-state index in [1.807, 2.05) is 0 Å². The molecule has 1 saturated heterocycles. The van der Waals surface area contributed by atoms with Crippen LogP contribution >= 0.6 is 0 Å². The predicted molar refractivity (Wildman–Crippen MR) is 38.8 cm³/mol. The first-order valence-corrected chi connectivity index (χ1v) is 3.71. The number of hydrogen-bond acceptors (Lipinski definition) is 2. The van der Waals surface area contributed by atoms with Gasteiger partial charge in [-0.3, -0.25) is 5.43 Å². The van der Waals surface area contributed by atoms with Crippen LogP contribution in [0.3, 0.4) is 0 Å². The Kier molecular flexibility index (Phi) is 3.01. The van der Waals surface area contributed by atoms with E-state index in [1.54, 1.807) is 0 Å². The smallest absolute Gasteiger partial charge is 0.0131 e. The number of hydrazine groups is 1. The second-order valence-corrected chi connectivity index (χ2v) is 2.46. The fourth-order valence-corrected chi connectivity index (χ4v) is 1.21. The molecule has 1 radical (unpaired) electrons. The summed E-state index contributed by atoms with van der Waals surface area (Å²) in [6.07, 6.45) is 4.08. The highest BCUT2D eigenvalue weighted by molar-refractivity contribution is 4.60. The molecular formula is C7H15N2. The van der Waals surface area contributed by atoms with Crippen LogP contribution in [0, 0.1) is 6.92 Å². The molecule has 0 amide bonds. The molecular weight excluding hydrogens is 112 g/mol. The van der Waals surface area contributed by atoms with Crippen molar-refractivity contribution in [2.24, 2.45) is 0 Å². The van der Waals surface area contributed by atoms with E-state index in [2.05, 4.69) is 17.4 Å². The van der Waals surface area contributed by atoms with Crippen molar-refractivity contribution in [3.63, 3.8) is 0 Å². The molecule has 1 fully saturated rings. The van der Waals surface area contributed by atoms with Gasteiger partial charge in [0.15, 0.2) is 0 Å². The van der Waals surface area contributed by atoms with Gasteiger partial charge >= 0.3 is 0 Å². The zero-order chi connectivity index (χ0) is 6.53. The van der Waals surface area contributed by atoms with Crippen LogP contribution in [-0.4, -0.2) is 24.6 Å². The maximum Gasteiger partial charge on any atom is 0.0131 e. The van der Waals surface area contributed by atoms with Crippen LogP contribution < -0.4 is 5.43 Å². The highest BCUT2D eigenvalue weighted by Gasteiger charge is 2.06. The normalized spacial score (nSPS) is 22.3. The fourth-order valence-electron chi connectivity index (χ4n) is 1.21. The number of rotatable bonds is 2. The number of nitrogens with zero attached hydrogens (tertiary/aromatic N) is 1. The van der Waals surface area contributed by atoms with Crippen molar-refractivity contribution in [2.75, 3.05) is 19.6 Å². The Balaban J connectivity index is 2.08. The average Bonchev–Trinajstić information content (AvgIpc) is 1.91. The molecule has 1 N–H and O–H groups in total. The van der Waals surface area contributed by atoms with Crippen LogP contribution in [0.4, 0.5) is 0 Å². The molecule has 0 atom stereocenters. The molecule has 0 saturated carbocycles. The summed E-state index contributed by atoms with van der Waals surface area (Å²) in [6, 6.07) is 0. The maximum absolute atomic E-state index is 3.73. The van der Waals surface area contributed by atoms with Crippen molar-refractivity contribution < 1.29 is 0 Å². The molecule has 0 spiro atoms. The van der Waals surface area contributed by atoms with Crippen molar-refractivity contribution in [3.05, 3.63) is 6.92 Å². The molecule has 1 heterocycles. The van der Waals surface area contributed by atoms with Gasteiger partial charge in [0.1, 0.15) is 0 Å². The monoisotopic (exact) mass is 127 g/mol. The predicted octanol–water partition coefficient (Wildman–Crippen LogP) is 0.811. The lowest BCUT2D eigenvalue weighted by atomic mass is 10.2. The van der Waals surface area contributed by atoms with E-state index < -0.39 is 0 Å². The average molecular weight is 127 g/mol. The van der Waals surface area contributed by atoms with Crippen molar-refractivity contribution in [3.8, 4) is 0 Å². The van der Waals surface area contributed by atoms with Gasteiger partial charge in [-0.15, -0.1) is 0 Å². The Morgan fingerprint density at radius 3 is 2.44 bits per heavy atom. The Morgan fingerprint density at radius 2 is 1.89 bits per heavy atom. The third-order valence-electron chi connectivity index (χ3n) is 1.69. The van der Waals surface area contributed by atoms with Crippen LogP contribution in [0.1, 0.15) is 19.3 Å². The summed E-state index contributed by atoms with van der Waals surface area (Å²) in [5, 5.41) is 2.26. The molecule has 2 heteroatoms. The summed E-state index contributed by atoms with van der Waals surface area (Å²) < 4.78 is 0. The number of nitrogens with one attached hydrogen (secondary N) is 1. The SMILES string of the molecule is [CH2]CNN1CCCCC1. The molecule has 0 bridgehead atoms. The van der Waals surface area contributed by atoms with E-state index in [-0.39, 0.29) is 0 Å². The van der Waals surface area contributed by atoms with Gasteiger partial charge in [0.25, 0.3) is 0 Å². The van der Waals surface area contributed by atoms with Crippen LogP contribution in [0.15, 0.2) is 0 Å². The van der Waals surface area contributed by atoms with E-state index in [1.165, 1.54) is 32.4 Å². The van der Waals surface area contributed by atoms with Gasteiger partial charge in [0, 0.05) is 19.6 Å². The lowest BCUT2D eigenvalue weighted by Gasteiger charge is -2.26. The quantitative estimate of drug-likeness (QED) is 0.590. The van der Waals surface area contributed by atoms with Crippen LogP contribution in [0.2, 0.25) is 0 Å². The van der Waals surface area contributed by atoms with Gasteiger partial charge in [-0.2, -0.15) is 0 Å². The van der Waals surface area contributed by atoms with Gasteiger partial charge in [-0.25, -0.2) is 5.01 Å². The summed E-state index contributed by atoms with van der Waals surface area (Å²) in [4.78, 5) is 0. The lowest BCUT2D eigenvalue weighted by molar-refractivity contribution is 0.162. The molecule has 1 aliphatic heterocycles. The highest BCUT2D eigenvalue weighted by Crippen LogP contribution is 2.04. The Labute approximate surface area is 57.2 Å². The van der Waals surface area contributed by atoms with Crippen molar-refractivity contribution in [1.29, 1.82) is 0 Å². The summed E-state index contributed by atoms with van der Waals surface area (Å²) in [5.74, 6) is 0. The second-order valence-electron chi connectivity index (χ2n) is 2.46. The van der Waals surface area contributed by atoms with E-state index in [0.717, 1.165) is 6.54 Å². The molecule has 53 valence electrons. The van der Waals surface area contributed by atoms with Gasteiger partial charge in [-0.05, 0) is 19.8 Å². The third kappa shape index (κ3) is 2.33. The van der Waals surface area contributed by atoms with Crippen LogP contribution in [0.5, 0.6) is 0 Å². The molecule has 0 unspecified atom stereocenters. The third-order valence-corrected chi connectivity index (χ3v) is 1.69. The van der Waals surface area contributed by atoms with Crippen LogP contribution in [-0.2, 0) is 0 Å². The molecule has 1 rings (SSSR count). The van der Waals surface area contributed by atoms with Crippen molar-refractivity contribution >= 4 is 0 Å². The standard InChI is InChI=1S/C7H15N2/c1-2-8-9-6-4-3-5-7-9/h8H,1-7H2. The summed E-state index contributed by atoms with van der Waals surface area (Å²) in [5.41, 5.74) is 3.21. The van der Waals surface area contributed by atoms with E-state index in [9.17, 15) is 0 Å². The minimum Gasteiger partial charge on any atom is -0.255 e.